The SMILES string of the molecule is C=CCN1C(=O)/C(=C/c2ccc(OCc3c(F)cccc3Cl)c(OC)c2)C(=O)NC1=S. The first kappa shape index (κ1) is 22.5. The fourth-order valence-corrected chi connectivity index (χ4v) is 3.34. The number of ether oxygens (including phenoxy) is 2. The molecule has 0 atom stereocenters. The van der Waals surface area contributed by atoms with Crippen LogP contribution < -0.4 is 14.8 Å². The third kappa shape index (κ3) is 4.92. The van der Waals surface area contributed by atoms with Crippen molar-refractivity contribution in [3.63, 3.8) is 0 Å². The van der Waals surface area contributed by atoms with Crippen LogP contribution in [0.2, 0.25) is 5.02 Å². The maximum atomic E-state index is 14.0. The summed E-state index contributed by atoms with van der Waals surface area (Å²) in [6.45, 7) is 3.66. The Bertz CT molecular complexity index is 1080. The molecule has 160 valence electrons. The minimum atomic E-state index is -0.594. The smallest absolute Gasteiger partial charge is 0.265 e. The van der Waals surface area contributed by atoms with Crippen LogP contribution in [0.25, 0.3) is 6.08 Å². The Morgan fingerprint density at radius 2 is 2.03 bits per heavy atom. The third-order valence-corrected chi connectivity index (χ3v) is 5.11. The molecule has 1 aliphatic heterocycles. The zero-order valence-corrected chi connectivity index (χ0v) is 18.1. The molecular weight excluding hydrogens is 443 g/mol. The van der Waals surface area contributed by atoms with Gasteiger partial charge in [-0.05, 0) is 48.1 Å². The molecule has 1 heterocycles. The molecule has 0 spiro atoms. The number of nitrogens with zero attached hydrogens (tertiary/aromatic N) is 1. The van der Waals surface area contributed by atoms with Gasteiger partial charge in [-0.25, -0.2) is 4.39 Å². The molecule has 1 N–H and O–H groups in total. The van der Waals surface area contributed by atoms with Crippen LogP contribution in [0.5, 0.6) is 11.5 Å². The predicted octanol–water partition coefficient (Wildman–Crippen LogP) is 3.88. The Labute approximate surface area is 188 Å². The monoisotopic (exact) mass is 460 g/mol. The van der Waals surface area contributed by atoms with Gasteiger partial charge in [0.05, 0.1) is 12.1 Å². The van der Waals surface area contributed by atoms with Crippen molar-refractivity contribution in [2.75, 3.05) is 13.7 Å². The van der Waals surface area contributed by atoms with Crippen LogP contribution in [-0.2, 0) is 16.2 Å². The van der Waals surface area contributed by atoms with Gasteiger partial charge in [0.25, 0.3) is 11.8 Å². The van der Waals surface area contributed by atoms with Gasteiger partial charge in [-0.2, -0.15) is 0 Å². The lowest BCUT2D eigenvalue weighted by atomic mass is 10.1. The second kappa shape index (κ2) is 9.72. The van der Waals surface area contributed by atoms with Crippen LogP contribution >= 0.6 is 23.8 Å². The lowest BCUT2D eigenvalue weighted by Gasteiger charge is -2.27. The molecule has 0 aromatic heterocycles. The average molecular weight is 461 g/mol. The van der Waals surface area contributed by atoms with Crippen LogP contribution in [0, 0.1) is 5.82 Å². The van der Waals surface area contributed by atoms with Crippen molar-refractivity contribution in [3.05, 3.63) is 76.6 Å². The predicted molar refractivity (Wildman–Crippen MR) is 119 cm³/mol. The molecule has 0 unspecified atom stereocenters. The Morgan fingerprint density at radius 3 is 2.71 bits per heavy atom. The topological polar surface area (TPSA) is 67.9 Å². The zero-order valence-electron chi connectivity index (χ0n) is 16.5. The van der Waals surface area contributed by atoms with Gasteiger partial charge < -0.3 is 9.47 Å². The van der Waals surface area contributed by atoms with Crippen LogP contribution in [0.4, 0.5) is 4.39 Å². The molecule has 3 rings (SSSR count). The summed E-state index contributed by atoms with van der Waals surface area (Å²) in [6, 6.07) is 9.21. The molecule has 0 bridgehead atoms. The summed E-state index contributed by atoms with van der Waals surface area (Å²) in [7, 11) is 1.44. The van der Waals surface area contributed by atoms with E-state index in [1.165, 1.54) is 36.3 Å². The highest BCUT2D eigenvalue weighted by molar-refractivity contribution is 7.80. The van der Waals surface area contributed by atoms with Crippen molar-refractivity contribution in [3.8, 4) is 11.5 Å². The van der Waals surface area contributed by atoms with Crippen molar-refractivity contribution < 1.29 is 23.5 Å². The van der Waals surface area contributed by atoms with Gasteiger partial charge in [-0.15, -0.1) is 6.58 Å². The van der Waals surface area contributed by atoms with Crippen molar-refractivity contribution in [2.45, 2.75) is 6.61 Å². The number of carbonyl (C=O) groups is 2. The van der Waals surface area contributed by atoms with Crippen LogP contribution in [-0.4, -0.2) is 35.5 Å². The molecule has 0 saturated carbocycles. The highest BCUT2D eigenvalue weighted by Crippen LogP contribution is 2.31. The number of hydrogen-bond acceptors (Lipinski definition) is 5. The molecule has 1 saturated heterocycles. The molecule has 1 fully saturated rings. The van der Waals surface area contributed by atoms with E-state index in [4.69, 9.17) is 33.3 Å². The molecule has 9 heteroatoms. The van der Waals surface area contributed by atoms with Gasteiger partial charge in [0, 0.05) is 12.1 Å². The van der Waals surface area contributed by atoms with Crippen LogP contribution in [0.3, 0.4) is 0 Å². The fourth-order valence-electron chi connectivity index (χ4n) is 2.87. The normalized spacial score (nSPS) is 15.1. The largest absolute Gasteiger partial charge is 0.493 e. The number of thiocarbonyl (C=S) groups is 1. The first-order chi connectivity index (χ1) is 14.8. The molecule has 2 aromatic rings. The Balaban J connectivity index is 1.85. The lowest BCUT2D eigenvalue weighted by Crippen LogP contribution is -2.53. The molecular formula is C22H18ClFN2O4S. The number of rotatable bonds is 7. The van der Waals surface area contributed by atoms with Gasteiger partial charge in [0.1, 0.15) is 18.0 Å². The summed E-state index contributed by atoms with van der Waals surface area (Å²) < 4.78 is 25.0. The first-order valence-electron chi connectivity index (χ1n) is 9.09. The lowest BCUT2D eigenvalue weighted by molar-refractivity contribution is -0.128. The van der Waals surface area contributed by atoms with Crippen LogP contribution in [0.1, 0.15) is 11.1 Å². The number of nitrogens with one attached hydrogen (secondary N) is 1. The summed E-state index contributed by atoms with van der Waals surface area (Å²) in [4.78, 5) is 26.2. The van der Waals surface area contributed by atoms with E-state index in [0.717, 1.165) is 0 Å². The number of halogens is 2. The van der Waals surface area contributed by atoms with Crippen molar-refractivity contribution in [2.24, 2.45) is 0 Å². The summed E-state index contributed by atoms with van der Waals surface area (Å²) in [5.74, 6) is -0.913. The Kier molecular flexibility index (Phi) is 7.04. The number of methoxy groups -OCH3 is 1. The van der Waals surface area contributed by atoms with Crippen LogP contribution in [0.15, 0.2) is 54.6 Å². The minimum absolute atomic E-state index is 0.0279. The number of amides is 2. The molecule has 0 radical (unpaired) electrons. The van der Waals surface area contributed by atoms with E-state index in [1.807, 2.05) is 0 Å². The first-order valence-corrected chi connectivity index (χ1v) is 9.87. The van der Waals surface area contributed by atoms with E-state index in [2.05, 4.69) is 11.9 Å². The number of carbonyl (C=O) groups excluding carboxylic acids is 2. The van der Waals surface area contributed by atoms with Gasteiger partial charge in [0.15, 0.2) is 16.6 Å². The molecule has 6 nitrogen and oxygen atoms in total. The van der Waals surface area contributed by atoms with Gasteiger partial charge in [0.2, 0.25) is 0 Å². The summed E-state index contributed by atoms with van der Waals surface area (Å²) >= 11 is 11.1. The summed E-state index contributed by atoms with van der Waals surface area (Å²) in [5.41, 5.74) is 0.669. The second-order valence-corrected chi connectivity index (χ2v) is 7.21. The number of hydrogen-bond donors (Lipinski definition) is 1. The zero-order chi connectivity index (χ0) is 22.5. The van der Waals surface area contributed by atoms with E-state index < -0.39 is 17.6 Å². The van der Waals surface area contributed by atoms with E-state index in [1.54, 1.807) is 24.3 Å². The van der Waals surface area contributed by atoms with Crippen molar-refractivity contribution in [1.82, 2.24) is 10.2 Å². The maximum Gasteiger partial charge on any atom is 0.265 e. The molecule has 0 aliphatic carbocycles. The maximum absolute atomic E-state index is 14.0. The van der Waals surface area contributed by atoms with Gasteiger partial charge in [-0.1, -0.05) is 29.8 Å². The second-order valence-electron chi connectivity index (χ2n) is 6.42. The highest BCUT2D eigenvalue weighted by atomic mass is 35.5. The van der Waals surface area contributed by atoms with Gasteiger partial charge in [-0.3, -0.25) is 19.8 Å². The van der Waals surface area contributed by atoms with E-state index in [-0.39, 0.29) is 34.4 Å². The van der Waals surface area contributed by atoms with Gasteiger partial charge >= 0.3 is 0 Å². The van der Waals surface area contributed by atoms with Crippen molar-refractivity contribution in [1.29, 1.82) is 0 Å². The Hall–Kier alpha value is -3.23. The quantitative estimate of drug-likeness (QED) is 0.294. The fraction of sp³-hybridized carbons (Fsp3) is 0.136. The molecule has 2 amide bonds. The molecule has 31 heavy (non-hydrogen) atoms. The average Bonchev–Trinajstić information content (AvgIpc) is 2.74. The van der Waals surface area contributed by atoms with E-state index >= 15 is 0 Å². The Morgan fingerprint density at radius 1 is 1.26 bits per heavy atom. The van der Waals surface area contributed by atoms with E-state index in [0.29, 0.717) is 17.1 Å². The summed E-state index contributed by atoms with van der Waals surface area (Å²) in [5, 5.41) is 2.76. The van der Waals surface area contributed by atoms with Crippen molar-refractivity contribution >= 4 is 46.8 Å². The number of benzene rings is 2. The third-order valence-electron chi connectivity index (χ3n) is 4.43. The molecule has 2 aromatic carbocycles. The summed E-state index contributed by atoms with van der Waals surface area (Å²) in [6.07, 6.45) is 2.94. The standard InChI is InChI=1S/C22H18ClFN2O4S/c1-3-9-26-21(28)14(20(27)25-22(26)31)10-13-7-8-18(19(11-13)29-2)30-12-15-16(23)5-4-6-17(15)24/h3-8,10-11H,1,9,12H2,2H3,(H,25,27,31)/b14-10+. The molecule has 1 aliphatic rings. The van der Waals surface area contributed by atoms with E-state index in [9.17, 15) is 14.0 Å². The highest BCUT2D eigenvalue weighted by Gasteiger charge is 2.32. The minimum Gasteiger partial charge on any atom is -0.493 e.